The van der Waals surface area contributed by atoms with Crippen molar-refractivity contribution in [3.05, 3.63) is 33.4 Å². The van der Waals surface area contributed by atoms with Crippen LogP contribution >= 0.6 is 22.6 Å². The Morgan fingerprint density at radius 2 is 1.69 bits per heavy atom. The highest BCUT2D eigenvalue weighted by molar-refractivity contribution is 14.1. The van der Waals surface area contributed by atoms with Crippen molar-refractivity contribution in [1.29, 1.82) is 0 Å². The van der Waals surface area contributed by atoms with Gasteiger partial charge in [0.05, 0.1) is 34.8 Å². The number of carbonyl (C=O) groups is 2. The predicted molar refractivity (Wildman–Crippen MR) is 116 cm³/mol. The summed E-state index contributed by atoms with van der Waals surface area (Å²) < 4.78 is 12.3. The molecule has 1 aromatic rings. The Morgan fingerprint density at radius 3 is 2.28 bits per heavy atom. The highest BCUT2D eigenvalue weighted by Gasteiger charge is 2.67. The van der Waals surface area contributed by atoms with E-state index < -0.39 is 0 Å². The molecule has 0 aromatic heterocycles. The maximum atomic E-state index is 13.0. The Balaban J connectivity index is 1.41. The summed E-state index contributed by atoms with van der Waals surface area (Å²) in [5.41, 5.74) is 0.765. The van der Waals surface area contributed by atoms with Crippen LogP contribution in [0.1, 0.15) is 25.8 Å². The minimum absolute atomic E-state index is 0.147. The molecule has 6 nitrogen and oxygen atoms in total. The van der Waals surface area contributed by atoms with Crippen LogP contribution in [0.25, 0.3) is 0 Å². The number of halogens is 1. The molecule has 29 heavy (non-hydrogen) atoms. The van der Waals surface area contributed by atoms with Crippen molar-refractivity contribution in [3.8, 4) is 11.5 Å². The summed E-state index contributed by atoms with van der Waals surface area (Å²) in [5, 5.41) is 5.42. The fourth-order valence-electron chi connectivity index (χ4n) is 5.39. The fourth-order valence-corrected chi connectivity index (χ4v) is 6.17. The average molecular weight is 506 g/mol. The quantitative estimate of drug-likeness (QED) is 0.257. The van der Waals surface area contributed by atoms with Gasteiger partial charge < -0.3 is 9.47 Å². The number of allylic oxidation sites excluding steroid dienone is 2. The molecule has 5 aliphatic rings. The van der Waals surface area contributed by atoms with Crippen LogP contribution in [0.5, 0.6) is 11.5 Å². The Bertz CT molecular complexity index is 907. The molecule has 6 rings (SSSR count). The number of hydrogen-bond acceptors (Lipinski definition) is 5. The van der Waals surface area contributed by atoms with Crippen LogP contribution in [-0.4, -0.2) is 36.3 Å². The highest BCUT2D eigenvalue weighted by atomic mass is 127. The van der Waals surface area contributed by atoms with E-state index >= 15 is 0 Å². The standard InChI is InChI=1S/C22H23IN2O4/c1-3-28-17-8-11(7-16(23)20(17)29-4-2)10-24-25-21(26)18-12-5-6-13(15-9-14(12)15)19(18)22(25)27/h5-8,10,12-15,18-19H,3-4,9H2,1-2H3/b24-10-/t12-,13-,14-,15+,18-,19+/m0/s1. The number of benzene rings is 1. The Morgan fingerprint density at radius 1 is 1.07 bits per heavy atom. The smallest absolute Gasteiger partial charge is 0.254 e. The van der Waals surface area contributed by atoms with E-state index in [4.69, 9.17) is 9.47 Å². The first-order chi connectivity index (χ1) is 14.0. The summed E-state index contributed by atoms with van der Waals surface area (Å²) >= 11 is 2.20. The lowest BCUT2D eigenvalue weighted by Gasteiger charge is -2.37. The summed E-state index contributed by atoms with van der Waals surface area (Å²) in [5.74, 6) is 2.20. The van der Waals surface area contributed by atoms with Gasteiger partial charge in [-0.05, 0) is 84.2 Å². The van der Waals surface area contributed by atoms with Crippen LogP contribution in [0, 0.1) is 39.1 Å². The van der Waals surface area contributed by atoms with Crippen molar-refractivity contribution in [1.82, 2.24) is 5.01 Å². The molecule has 0 N–H and O–H groups in total. The maximum absolute atomic E-state index is 13.0. The fraction of sp³-hybridized carbons (Fsp3) is 0.500. The van der Waals surface area contributed by atoms with Crippen molar-refractivity contribution in [3.63, 3.8) is 0 Å². The Kier molecular flexibility index (Phi) is 4.68. The summed E-state index contributed by atoms with van der Waals surface area (Å²) in [6, 6.07) is 3.74. The molecule has 4 aliphatic carbocycles. The van der Waals surface area contributed by atoms with Gasteiger partial charge in [0, 0.05) is 0 Å². The molecule has 1 aromatic carbocycles. The van der Waals surface area contributed by atoms with E-state index in [9.17, 15) is 9.59 Å². The molecule has 1 aliphatic heterocycles. The first-order valence-electron chi connectivity index (χ1n) is 10.2. The number of ether oxygens (including phenoxy) is 2. The van der Waals surface area contributed by atoms with Crippen LogP contribution in [0.3, 0.4) is 0 Å². The van der Waals surface area contributed by atoms with E-state index in [1.165, 1.54) is 0 Å². The number of hydrazone groups is 1. The summed E-state index contributed by atoms with van der Waals surface area (Å²) in [6.07, 6.45) is 7.07. The molecule has 1 saturated heterocycles. The predicted octanol–water partition coefficient (Wildman–Crippen LogP) is 3.48. The van der Waals surface area contributed by atoms with Gasteiger partial charge in [-0.15, -0.1) is 0 Å². The third kappa shape index (κ3) is 2.92. The second-order valence-corrected chi connectivity index (χ2v) is 9.25. The highest BCUT2D eigenvalue weighted by Crippen LogP contribution is 2.65. The van der Waals surface area contributed by atoms with Crippen LogP contribution < -0.4 is 9.47 Å². The lowest BCUT2D eigenvalue weighted by atomic mass is 9.63. The van der Waals surface area contributed by atoms with E-state index in [1.54, 1.807) is 6.21 Å². The first-order valence-corrected chi connectivity index (χ1v) is 11.3. The largest absolute Gasteiger partial charge is 0.490 e. The molecule has 0 radical (unpaired) electrons. The maximum Gasteiger partial charge on any atom is 0.254 e. The molecule has 0 unspecified atom stereocenters. The molecule has 7 heteroatoms. The van der Waals surface area contributed by atoms with Gasteiger partial charge >= 0.3 is 0 Å². The average Bonchev–Trinajstić information content (AvgIpc) is 3.48. The van der Waals surface area contributed by atoms with E-state index in [-0.39, 0.29) is 35.5 Å². The van der Waals surface area contributed by atoms with Crippen molar-refractivity contribution in [2.45, 2.75) is 20.3 Å². The van der Waals surface area contributed by atoms with Crippen LogP contribution in [0.4, 0.5) is 0 Å². The van der Waals surface area contributed by atoms with Crippen molar-refractivity contribution < 1.29 is 19.1 Å². The monoisotopic (exact) mass is 506 g/mol. The molecular formula is C22H23IN2O4. The zero-order valence-electron chi connectivity index (χ0n) is 16.4. The van der Waals surface area contributed by atoms with E-state index in [1.807, 2.05) is 26.0 Å². The Labute approximate surface area is 183 Å². The Hall–Kier alpha value is -1.90. The second-order valence-electron chi connectivity index (χ2n) is 8.08. The van der Waals surface area contributed by atoms with Crippen LogP contribution in [-0.2, 0) is 9.59 Å². The van der Waals surface area contributed by atoms with Crippen molar-refractivity contribution in [2.24, 2.45) is 40.6 Å². The molecule has 3 fully saturated rings. The summed E-state index contributed by atoms with van der Waals surface area (Å²) in [4.78, 5) is 26.0. The lowest BCUT2D eigenvalue weighted by Crippen LogP contribution is -2.40. The van der Waals surface area contributed by atoms with Gasteiger partial charge in [0.2, 0.25) is 0 Å². The van der Waals surface area contributed by atoms with Crippen molar-refractivity contribution in [2.75, 3.05) is 13.2 Å². The summed E-state index contributed by atoms with van der Waals surface area (Å²) in [6.45, 7) is 4.90. The van der Waals surface area contributed by atoms with Gasteiger partial charge in [-0.3, -0.25) is 9.59 Å². The van der Waals surface area contributed by atoms with Gasteiger partial charge in [-0.1, -0.05) is 12.2 Å². The van der Waals surface area contributed by atoms with Crippen LogP contribution in [0.15, 0.2) is 29.4 Å². The number of amides is 2. The molecule has 152 valence electrons. The number of nitrogens with zero attached hydrogens (tertiary/aromatic N) is 2. The van der Waals surface area contributed by atoms with Gasteiger partial charge in [0.1, 0.15) is 0 Å². The van der Waals surface area contributed by atoms with Gasteiger partial charge in [0.15, 0.2) is 11.5 Å². The minimum Gasteiger partial charge on any atom is -0.490 e. The number of rotatable bonds is 6. The van der Waals surface area contributed by atoms with Gasteiger partial charge in [0.25, 0.3) is 11.8 Å². The normalized spacial score (nSPS) is 34.0. The van der Waals surface area contributed by atoms with E-state index in [2.05, 4.69) is 39.8 Å². The van der Waals surface area contributed by atoms with E-state index in [0.29, 0.717) is 36.5 Å². The zero-order valence-corrected chi connectivity index (χ0v) is 18.5. The molecule has 0 spiro atoms. The third-order valence-corrected chi connectivity index (χ3v) is 7.38. The molecule has 1 heterocycles. The molecule has 6 atom stereocenters. The number of carbonyl (C=O) groups excluding carboxylic acids is 2. The van der Waals surface area contributed by atoms with Crippen molar-refractivity contribution >= 4 is 40.6 Å². The zero-order chi connectivity index (χ0) is 20.3. The van der Waals surface area contributed by atoms with Gasteiger partial charge in [-0.25, -0.2) is 0 Å². The van der Waals surface area contributed by atoms with E-state index in [0.717, 1.165) is 20.6 Å². The number of imide groups is 1. The van der Waals surface area contributed by atoms with Crippen LogP contribution in [0.2, 0.25) is 0 Å². The minimum atomic E-state index is -0.224. The molecular weight excluding hydrogens is 483 g/mol. The SMILES string of the molecule is CCOc1cc(/C=N\N2C(=O)[C@@H]3[C@H]4C=C[C@@H]([C@@H]5C[C@H]45)[C@@H]3C2=O)cc(I)c1OCC. The van der Waals surface area contributed by atoms with Gasteiger partial charge in [-0.2, -0.15) is 10.1 Å². The first kappa shape index (κ1) is 19.1. The number of hydrogen-bond donors (Lipinski definition) is 0. The molecule has 2 saturated carbocycles. The molecule has 2 amide bonds. The topological polar surface area (TPSA) is 68.2 Å². The summed E-state index contributed by atoms with van der Waals surface area (Å²) in [7, 11) is 0. The molecule has 2 bridgehead atoms. The lowest BCUT2D eigenvalue weighted by molar-refractivity contribution is -0.140. The third-order valence-electron chi connectivity index (χ3n) is 6.58. The second kappa shape index (κ2) is 7.11.